The van der Waals surface area contributed by atoms with Crippen LogP contribution in [0.25, 0.3) is 94.1 Å². The third kappa shape index (κ3) is 4.90. The molecule has 0 amide bonds. The average Bonchev–Trinajstić information content (AvgIpc) is 3.55. The summed E-state index contributed by atoms with van der Waals surface area (Å²) in [6.07, 6.45) is 0. The van der Waals surface area contributed by atoms with Gasteiger partial charge in [-0.05, 0) is 80.2 Å². The van der Waals surface area contributed by atoms with Gasteiger partial charge >= 0.3 is 0 Å². The summed E-state index contributed by atoms with van der Waals surface area (Å²) < 4.78 is 2.27. The van der Waals surface area contributed by atoms with Gasteiger partial charge in [-0.3, -0.25) is 4.57 Å². The highest BCUT2D eigenvalue weighted by Crippen LogP contribution is 2.40. The van der Waals surface area contributed by atoms with Crippen molar-refractivity contribution in [3.05, 3.63) is 188 Å². The second-order valence-corrected chi connectivity index (χ2v) is 13.0. The molecule has 3 nitrogen and oxygen atoms in total. The van der Waals surface area contributed by atoms with E-state index in [1.807, 2.05) is 6.07 Å². The van der Waals surface area contributed by atoms with E-state index in [0.29, 0.717) is 5.82 Å². The van der Waals surface area contributed by atoms with E-state index in [1.165, 1.54) is 32.7 Å². The fourth-order valence-electron chi connectivity index (χ4n) is 7.62. The van der Waals surface area contributed by atoms with E-state index < -0.39 is 0 Å². The van der Waals surface area contributed by atoms with E-state index >= 15 is 0 Å². The maximum Gasteiger partial charge on any atom is 0.162 e. The molecule has 10 rings (SSSR count). The Morgan fingerprint density at radius 2 is 0.941 bits per heavy atom. The van der Waals surface area contributed by atoms with Gasteiger partial charge in [-0.1, -0.05) is 152 Å². The van der Waals surface area contributed by atoms with Crippen molar-refractivity contribution >= 4 is 43.5 Å². The standard InChI is InChI=1S/C48H31N3/c1-3-15-32(16-4-1)46-45-42-27-11-12-28-44(42)51(38-22-5-2-6-23-38)48(45)50-47(49-46)37-21-14-19-34(30-37)33-18-13-20-35(29-33)43-31-36-17-7-8-24-39(36)40-25-9-10-26-41(40)43/h1-31H. The van der Waals surface area contributed by atoms with Gasteiger partial charge in [0, 0.05) is 22.2 Å². The van der Waals surface area contributed by atoms with Crippen molar-refractivity contribution in [1.82, 2.24) is 14.5 Å². The summed E-state index contributed by atoms with van der Waals surface area (Å²) >= 11 is 0. The number of hydrogen-bond acceptors (Lipinski definition) is 2. The smallest absolute Gasteiger partial charge is 0.162 e. The molecule has 0 N–H and O–H groups in total. The van der Waals surface area contributed by atoms with Crippen LogP contribution in [0, 0.1) is 0 Å². The molecule has 10 aromatic rings. The lowest BCUT2D eigenvalue weighted by molar-refractivity contribution is 1.11. The lowest BCUT2D eigenvalue weighted by Crippen LogP contribution is -1.99. The molecule has 0 fully saturated rings. The Morgan fingerprint density at radius 3 is 1.73 bits per heavy atom. The van der Waals surface area contributed by atoms with Crippen molar-refractivity contribution in [1.29, 1.82) is 0 Å². The topological polar surface area (TPSA) is 30.7 Å². The molecule has 0 bridgehead atoms. The Morgan fingerprint density at radius 1 is 0.373 bits per heavy atom. The second kappa shape index (κ2) is 11.9. The normalized spacial score (nSPS) is 11.5. The zero-order chi connectivity index (χ0) is 33.7. The Bertz CT molecular complexity index is 2910. The van der Waals surface area contributed by atoms with E-state index in [2.05, 4.69) is 187 Å². The molecule has 51 heavy (non-hydrogen) atoms. The lowest BCUT2D eigenvalue weighted by Gasteiger charge is -2.13. The van der Waals surface area contributed by atoms with Crippen molar-refractivity contribution in [2.24, 2.45) is 0 Å². The van der Waals surface area contributed by atoms with Crippen molar-refractivity contribution in [3.8, 4) is 50.6 Å². The molecule has 0 saturated carbocycles. The van der Waals surface area contributed by atoms with Crippen LogP contribution >= 0.6 is 0 Å². The molecule has 0 unspecified atom stereocenters. The van der Waals surface area contributed by atoms with Crippen LogP contribution in [-0.4, -0.2) is 14.5 Å². The highest BCUT2D eigenvalue weighted by atomic mass is 15.1. The number of benzene rings is 8. The summed E-state index contributed by atoms with van der Waals surface area (Å²) in [7, 11) is 0. The molecule has 0 spiro atoms. The van der Waals surface area contributed by atoms with Crippen LogP contribution < -0.4 is 0 Å². The van der Waals surface area contributed by atoms with Crippen molar-refractivity contribution in [2.75, 3.05) is 0 Å². The summed E-state index contributed by atoms with van der Waals surface area (Å²) in [6, 6.07) is 66.7. The van der Waals surface area contributed by atoms with Gasteiger partial charge in [0.05, 0.1) is 16.6 Å². The molecule has 0 atom stereocenters. The van der Waals surface area contributed by atoms with Gasteiger partial charge < -0.3 is 0 Å². The summed E-state index contributed by atoms with van der Waals surface area (Å²) in [5.74, 6) is 0.694. The fraction of sp³-hybridized carbons (Fsp3) is 0. The quantitative estimate of drug-likeness (QED) is 0.174. The molecule has 2 heterocycles. The molecule has 0 aliphatic carbocycles. The van der Waals surface area contributed by atoms with Gasteiger partial charge in [-0.2, -0.15) is 0 Å². The molecule has 3 heteroatoms. The summed E-state index contributed by atoms with van der Waals surface area (Å²) in [4.78, 5) is 10.7. The van der Waals surface area contributed by atoms with Crippen molar-refractivity contribution < 1.29 is 0 Å². The van der Waals surface area contributed by atoms with Gasteiger partial charge in [-0.15, -0.1) is 0 Å². The van der Waals surface area contributed by atoms with Crippen LogP contribution in [0.1, 0.15) is 0 Å². The maximum atomic E-state index is 5.36. The van der Waals surface area contributed by atoms with Crippen LogP contribution in [0.3, 0.4) is 0 Å². The van der Waals surface area contributed by atoms with E-state index in [4.69, 9.17) is 9.97 Å². The number of hydrogen-bond donors (Lipinski definition) is 0. The fourth-order valence-corrected chi connectivity index (χ4v) is 7.62. The predicted octanol–water partition coefficient (Wildman–Crippen LogP) is 12.5. The minimum Gasteiger partial charge on any atom is -0.294 e. The first-order valence-corrected chi connectivity index (χ1v) is 17.3. The van der Waals surface area contributed by atoms with Gasteiger partial charge in [-0.25, -0.2) is 9.97 Å². The van der Waals surface area contributed by atoms with Gasteiger partial charge in [0.15, 0.2) is 5.82 Å². The number of rotatable bonds is 5. The van der Waals surface area contributed by atoms with Gasteiger partial charge in [0.1, 0.15) is 5.65 Å². The number of aromatic nitrogens is 3. The third-order valence-corrected chi connectivity index (χ3v) is 9.97. The molecular formula is C48H31N3. The van der Waals surface area contributed by atoms with Crippen LogP contribution in [0.5, 0.6) is 0 Å². The highest BCUT2D eigenvalue weighted by Gasteiger charge is 2.21. The molecule has 0 aliphatic heterocycles. The molecule has 2 aromatic heterocycles. The van der Waals surface area contributed by atoms with E-state index in [-0.39, 0.29) is 0 Å². The number of fused-ring (bicyclic) bond motifs is 6. The van der Waals surface area contributed by atoms with Crippen LogP contribution in [0.15, 0.2) is 188 Å². The maximum absolute atomic E-state index is 5.36. The molecule has 0 saturated heterocycles. The van der Waals surface area contributed by atoms with Gasteiger partial charge in [0.2, 0.25) is 0 Å². The molecular weight excluding hydrogens is 619 g/mol. The Kier molecular flexibility index (Phi) is 6.81. The summed E-state index contributed by atoms with van der Waals surface area (Å²) in [5, 5.41) is 7.23. The average molecular weight is 650 g/mol. The highest BCUT2D eigenvalue weighted by molar-refractivity contribution is 6.15. The first-order valence-electron chi connectivity index (χ1n) is 17.3. The molecule has 0 aliphatic rings. The molecule has 8 aromatic carbocycles. The van der Waals surface area contributed by atoms with E-state index in [0.717, 1.165) is 55.6 Å². The zero-order valence-electron chi connectivity index (χ0n) is 27.7. The van der Waals surface area contributed by atoms with Crippen LogP contribution in [-0.2, 0) is 0 Å². The second-order valence-electron chi connectivity index (χ2n) is 13.0. The van der Waals surface area contributed by atoms with E-state index in [1.54, 1.807) is 0 Å². The number of nitrogens with zero attached hydrogens (tertiary/aromatic N) is 3. The SMILES string of the molecule is c1ccc(-c2nc(-c3cccc(-c4cccc(-c5cc6ccccc6c6ccccc56)c4)c3)nc3c2c2ccccc2n3-c2ccccc2)cc1. The van der Waals surface area contributed by atoms with Crippen LogP contribution in [0.4, 0.5) is 0 Å². The van der Waals surface area contributed by atoms with Crippen molar-refractivity contribution in [3.63, 3.8) is 0 Å². The first-order chi connectivity index (χ1) is 25.3. The molecule has 0 radical (unpaired) electrons. The lowest BCUT2D eigenvalue weighted by atomic mass is 9.91. The monoisotopic (exact) mass is 649 g/mol. The minimum atomic E-state index is 0.694. The van der Waals surface area contributed by atoms with Gasteiger partial charge in [0.25, 0.3) is 0 Å². The zero-order valence-corrected chi connectivity index (χ0v) is 27.7. The Balaban J connectivity index is 1.16. The minimum absolute atomic E-state index is 0.694. The Hall–Kier alpha value is -6.84. The Labute approximate surface area is 295 Å². The van der Waals surface area contributed by atoms with E-state index in [9.17, 15) is 0 Å². The number of para-hydroxylation sites is 2. The van der Waals surface area contributed by atoms with Crippen molar-refractivity contribution in [2.45, 2.75) is 0 Å². The van der Waals surface area contributed by atoms with Crippen LogP contribution in [0.2, 0.25) is 0 Å². The third-order valence-electron chi connectivity index (χ3n) is 9.97. The summed E-state index contributed by atoms with van der Waals surface area (Å²) in [5.41, 5.74) is 10.7. The predicted molar refractivity (Wildman–Crippen MR) is 213 cm³/mol. The largest absolute Gasteiger partial charge is 0.294 e. The molecule has 238 valence electrons. The summed E-state index contributed by atoms with van der Waals surface area (Å²) in [6.45, 7) is 0. The first kappa shape index (κ1) is 29.1.